The molecule has 0 aliphatic rings. The lowest BCUT2D eigenvalue weighted by Gasteiger charge is -1.90. The van der Waals surface area contributed by atoms with Crippen LogP contribution in [0.25, 0.3) is 5.03 Å². The highest BCUT2D eigenvalue weighted by Crippen LogP contribution is 2.23. The maximum Gasteiger partial charge on any atom is 0.175 e. The quantitative estimate of drug-likeness (QED) is 0.760. The van der Waals surface area contributed by atoms with E-state index in [0.717, 1.165) is 6.42 Å². The normalized spacial score (nSPS) is 12.6. The second-order valence-electron chi connectivity index (χ2n) is 2.33. The molecule has 70 valence electrons. The van der Waals surface area contributed by atoms with Gasteiger partial charge >= 0.3 is 0 Å². The van der Waals surface area contributed by atoms with Crippen molar-refractivity contribution in [1.29, 1.82) is 0 Å². The van der Waals surface area contributed by atoms with Gasteiger partial charge < -0.3 is 10.3 Å². The van der Waals surface area contributed by atoms with Crippen molar-refractivity contribution in [2.75, 3.05) is 5.73 Å². The smallest absolute Gasteiger partial charge is 0.175 e. The van der Waals surface area contributed by atoms with E-state index in [1.807, 2.05) is 6.92 Å². The van der Waals surface area contributed by atoms with Gasteiger partial charge in [0.25, 0.3) is 0 Å². The van der Waals surface area contributed by atoms with Crippen LogP contribution in [0.1, 0.15) is 18.9 Å². The summed E-state index contributed by atoms with van der Waals surface area (Å²) >= 11 is 5.86. The second kappa shape index (κ2) is 4.67. The standard InChI is InChI=1S/C8H10ClN3O/c1-2-3-11-4-7(9)6-5-13-12-8(6)10/h3-5H,2H2,1H3,(H2,10,12)/b7-4+,11-3+. The van der Waals surface area contributed by atoms with Crippen molar-refractivity contribution < 1.29 is 4.52 Å². The maximum absolute atomic E-state index is 5.86. The molecule has 1 heterocycles. The fourth-order valence-corrected chi connectivity index (χ4v) is 0.915. The molecule has 5 heteroatoms. The molecule has 0 saturated carbocycles. The number of nitrogens with two attached hydrogens (primary N) is 1. The molecule has 13 heavy (non-hydrogen) atoms. The van der Waals surface area contributed by atoms with Gasteiger partial charge in [0.1, 0.15) is 6.26 Å². The van der Waals surface area contributed by atoms with Crippen LogP contribution in [0.15, 0.2) is 22.0 Å². The topological polar surface area (TPSA) is 64.4 Å². The summed E-state index contributed by atoms with van der Waals surface area (Å²) in [7, 11) is 0. The zero-order chi connectivity index (χ0) is 9.68. The van der Waals surface area contributed by atoms with Crippen molar-refractivity contribution in [3.63, 3.8) is 0 Å². The first-order valence-corrected chi connectivity index (χ1v) is 4.21. The van der Waals surface area contributed by atoms with Crippen molar-refractivity contribution >= 4 is 28.7 Å². The van der Waals surface area contributed by atoms with E-state index in [9.17, 15) is 0 Å². The van der Waals surface area contributed by atoms with Crippen LogP contribution in [0.3, 0.4) is 0 Å². The molecule has 0 atom stereocenters. The molecule has 0 saturated heterocycles. The summed E-state index contributed by atoms with van der Waals surface area (Å²) in [5, 5.41) is 3.91. The average Bonchev–Trinajstić information content (AvgIpc) is 2.52. The number of nitrogen functional groups attached to an aromatic ring is 1. The van der Waals surface area contributed by atoms with Crippen LogP contribution in [0.4, 0.5) is 5.82 Å². The molecule has 2 N–H and O–H groups in total. The molecule has 0 fully saturated rings. The van der Waals surface area contributed by atoms with E-state index in [0.29, 0.717) is 10.6 Å². The first-order chi connectivity index (χ1) is 6.25. The van der Waals surface area contributed by atoms with Gasteiger partial charge in [0.15, 0.2) is 5.82 Å². The van der Waals surface area contributed by atoms with Crippen LogP contribution in [0.2, 0.25) is 0 Å². The Balaban J connectivity index is 2.78. The van der Waals surface area contributed by atoms with Crippen LogP contribution < -0.4 is 5.73 Å². The summed E-state index contributed by atoms with van der Waals surface area (Å²) in [5.74, 6) is 0.271. The summed E-state index contributed by atoms with van der Waals surface area (Å²) in [5.41, 5.74) is 6.03. The summed E-state index contributed by atoms with van der Waals surface area (Å²) in [6, 6.07) is 0. The van der Waals surface area contributed by atoms with Crippen molar-refractivity contribution in [1.82, 2.24) is 5.16 Å². The van der Waals surface area contributed by atoms with Crippen LogP contribution in [-0.4, -0.2) is 11.4 Å². The van der Waals surface area contributed by atoms with Gasteiger partial charge in [0.05, 0.1) is 10.6 Å². The monoisotopic (exact) mass is 199 g/mol. The number of nitrogens with zero attached hydrogens (tertiary/aromatic N) is 2. The number of anilines is 1. The Morgan fingerprint density at radius 1 is 1.85 bits per heavy atom. The third-order valence-electron chi connectivity index (χ3n) is 1.33. The fraction of sp³-hybridized carbons (Fsp3) is 0.250. The average molecular weight is 200 g/mol. The SMILES string of the molecule is CC/C=N/C=C(/Cl)c1conc1N. The Labute approximate surface area is 81.1 Å². The second-order valence-corrected chi connectivity index (χ2v) is 2.74. The first-order valence-electron chi connectivity index (χ1n) is 3.83. The van der Waals surface area contributed by atoms with Gasteiger partial charge in [-0.2, -0.15) is 0 Å². The van der Waals surface area contributed by atoms with Gasteiger partial charge in [-0.3, -0.25) is 4.99 Å². The van der Waals surface area contributed by atoms with Crippen LogP contribution >= 0.6 is 11.6 Å². The molecule has 0 spiro atoms. The lowest BCUT2D eigenvalue weighted by molar-refractivity contribution is 0.423. The summed E-state index contributed by atoms with van der Waals surface area (Å²) in [6.07, 6.45) is 5.50. The first kappa shape index (κ1) is 9.80. The number of hydrogen-bond donors (Lipinski definition) is 1. The van der Waals surface area contributed by atoms with Crippen LogP contribution in [0.5, 0.6) is 0 Å². The molecule has 0 aromatic carbocycles. The van der Waals surface area contributed by atoms with E-state index in [1.165, 1.54) is 12.5 Å². The van der Waals surface area contributed by atoms with E-state index < -0.39 is 0 Å². The zero-order valence-electron chi connectivity index (χ0n) is 7.20. The van der Waals surface area contributed by atoms with Gasteiger partial charge in [-0.05, 0) is 6.42 Å². The minimum Gasteiger partial charge on any atom is -0.380 e. The van der Waals surface area contributed by atoms with E-state index in [4.69, 9.17) is 17.3 Å². The fourth-order valence-electron chi connectivity index (χ4n) is 0.717. The number of aliphatic imine (C=N–C) groups is 1. The molecule has 0 bridgehead atoms. The highest BCUT2D eigenvalue weighted by molar-refractivity contribution is 6.49. The Kier molecular flexibility index (Phi) is 3.52. The van der Waals surface area contributed by atoms with Crippen molar-refractivity contribution in [2.45, 2.75) is 13.3 Å². The Bertz CT molecular complexity index is 330. The van der Waals surface area contributed by atoms with Gasteiger partial charge in [0.2, 0.25) is 0 Å². The molecule has 1 rings (SSSR count). The third kappa shape index (κ3) is 2.59. The zero-order valence-corrected chi connectivity index (χ0v) is 7.95. The van der Waals surface area contributed by atoms with Crippen LogP contribution in [0, 0.1) is 0 Å². The minimum atomic E-state index is 0.271. The summed E-state index contributed by atoms with van der Waals surface area (Å²) in [4.78, 5) is 3.94. The largest absolute Gasteiger partial charge is 0.380 e. The summed E-state index contributed by atoms with van der Waals surface area (Å²) < 4.78 is 4.62. The van der Waals surface area contributed by atoms with E-state index in [-0.39, 0.29) is 5.82 Å². The van der Waals surface area contributed by atoms with E-state index >= 15 is 0 Å². The predicted molar refractivity (Wildman–Crippen MR) is 53.5 cm³/mol. The lowest BCUT2D eigenvalue weighted by Crippen LogP contribution is -1.87. The number of aromatic nitrogens is 1. The molecule has 0 amide bonds. The molecule has 0 radical (unpaired) electrons. The molecule has 1 aromatic rings. The number of hydrogen-bond acceptors (Lipinski definition) is 4. The van der Waals surface area contributed by atoms with Gasteiger partial charge in [-0.25, -0.2) is 0 Å². The summed E-state index contributed by atoms with van der Waals surface area (Å²) in [6.45, 7) is 1.99. The predicted octanol–water partition coefficient (Wildman–Crippen LogP) is 2.27. The van der Waals surface area contributed by atoms with Crippen molar-refractivity contribution in [3.8, 4) is 0 Å². The molecular formula is C8H10ClN3O. The van der Waals surface area contributed by atoms with Gasteiger partial charge in [-0.1, -0.05) is 23.7 Å². The number of rotatable bonds is 3. The Hall–Kier alpha value is -1.29. The lowest BCUT2D eigenvalue weighted by atomic mass is 10.3. The molecule has 0 aliphatic heterocycles. The van der Waals surface area contributed by atoms with Crippen LogP contribution in [-0.2, 0) is 0 Å². The van der Waals surface area contributed by atoms with Crippen molar-refractivity contribution in [3.05, 3.63) is 18.0 Å². The highest BCUT2D eigenvalue weighted by atomic mass is 35.5. The minimum absolute atomic E-state index is 0.271. The molecule has 0 unspecified atom stereocenters. The maximum atomic E-state index is 5.86. The molecule has 1 aromatic heterocycles. The highest BCUT2D eigenvalue weighted by Gasteiger charge is 2.06. The Morgan fingerprint density at radius 2 is 2.62 bits per heavy atom. The molecule has 0 aliphatic carbocycles. The van der Waals surface area contributed by atoms with Crippen molar-refractivity contribution in [2.24, 2.45) is 4.99 Å². The van der Waals surface area contributed by atoms with E-state index in [2.05, 4.69) is 14.7 Å². The third-order valence-corrected chi connectivity index (χ3v) is 1.63. The number of halogens is 1. The van der Waals surface area contributed by atoms with Gasteiger partial charge in [-0.15, -0.1) is 0 Å². The molecule has 4 nitrogen and oxygen atoms in total. The van der Waals surface area contributed by atoms with E-state index in [1.54, 1.807) is 6.21 Å². The Morgan fingerprint density at radius 3 is 3.15 bits per heavy atom. The molecular weight excluding hydrogens is 190 g/mol. The van der Waals surface area contributed by atoms with Gasteiger partial charge in [0, 0.05) is 12.4 Å².